The fourth-order valence-electron chi connectivity index (χ4n) is 4.47. The zero-order valence-corrected chi connectivity index (χ0v) is 21.2. The van der Waals surface area contributed by atoms with Crippen molar-refractivity contribution in [2.45, 2.75) is 32.9 Å². The van der Waals surface area contributed by atoms with Gasteiger partial charge in [-0.15, -0.1) is 11.3 Å². The summed E-state index contributed by atoms with van der Waals surface area (Å²) < 4.78 is 21.0. The largest absolute Gasteiger partial charge is 0.453 e. The van der Waals surface area contributed by atoms with Crippen molar-refractivity contribution in [3.8, 4) is 21.9 Å². The molecule has 2 N–H and O–H groups in total. The van der Waals surface area contributed by atoms with E-state index < -0.39 is 5.82 Å². The van der Waals surface area contributed by atoms with Crippen LogP contribution in [-0.2, 0) is 6.54 Å². The van der Waals surface area contributed by atoms with Crippen molar-refractivity contribution in [3.05, 3.63) is 72.2 Å². The highest BCUT2D eigenvalue weighted by Crippen LogP contribution is 2.39. The molecule has 2 aromatic heterocycles. The zero-order valence-electron chi connectivity index (χ0n) is 20.4. The lowest BCUT2D eigenvalue weighted by Gasteiger charge is -2.42. The summed E-state index contributed by atoms with van der Waals surface area (Å²) in [6.45, 7) is 12.2. The molecule has 0 atom stereocenters. The summed E-state index contributed by atoms with van der Waals surface area (Å²) in [5.41, 5.74) is 9.55. The first-order chi connectivity index (χ1) is 16.8. The van der Waals surface area contributed by atoms with Crippen LogP contribution in [0.15, 0.2) is 60.8 Å². The Bertz CT molecular complexity index is 1320. The summed E-state index contributed by atoms with van der Waals surface area (Å²) >= 11 is 1.60. The van der Waals surface area contributed by atoms with Gasteiger partial charge in [0.05, 0.1) is 10.2 Å². The molecule has 1 aliphatic heterocycles. The molecule has 1 saturated heterocycles. The van der Waals surface area contributed by atoms with Crippen LogP contribution in [0.5, 0.6) is 11.5 Å². The Labute approximate surface area is 210 Å². The van der Waals surface area contributed by atoms with E-state index in [1.807, 2.05) is 0 Å². The van der Waals surface area contributed by atoms with Gasteiger partial charge in [0.1, 0.15) is 5.75 Å². The van der Waals surface area contributed by atoms with Crippen molar-refractivity contribution in [1.82, 2.24) is 14.8 Å². The van der Waals surface area contributed by atoms with Crippen molar-refractivity contribution < 1.29 is 9.13 Å². The van der Waals surface area contributed by atoms with E-state index in [9.17, 15) is 4.39 Å². The number of hydrogen-bond donors (Lipinski definition) is 1. The molecule has 4 aromatic rings. The molecule has 0 amide bonds. The van der Waals surface area contributed by atoms with E-state index in [4.69, 9.17) is 10.5 Å². The van der Waals surface area contributed by atoms with Crippen molar-refractivity contribution in [2.24, 2.45) is 0 Å². The van der Waals surface area contributed by atoms with Crippen molar-refractivity contribution in [1.29, 1.82) is 0 Å². The Kier molecular flexibility index (Phi) is 6.49. The number of piperazine rings is 1. The Balaban J connectivity index is 1.30. The maximum atomic E-state index is 14.3. The normalized spacial score (nSPS) is 15.5. The molecule has 2 aromatic carbocycles. The quantitative estimate of drug-likeness (QED) is 0.328. The van der Waals surface area contributed by atoms with Gasteiger partial charge in [0.2, 0.25) is 0 Å². The SMILES string of the molecule is CC(C)(C)N1CCN(Cc2ccc(-c3cc4nccc(Oc5ccc(N)cc5F)c4s3)cc2)CC1. The number of rotatable bonds is 5. The number of ether oxygens (including phenoxy) is 1. The second kappa shape index (κ2) is 9.57. The van der Waals surface area contributed by atoms with E-state index in [2.05, 4.69) is 65.9 Å². The summed E-state index contributed by atoms with van der Waals surface area (Å²) in [4.78, 5) is 10.7. The third-order valence-electron chi connectivity index (χ3n) is 6.52. The number of fused-ring (bicyclic) bond motifs is 1. The monoisotopic (exact) mass is 490 g/mol. The van der Waals surface area contributed by atoms with Crippen LogP contribution in [0.1, 0.15) is 26.3 Å². The van der Waals surface area contributed by atoms with Gasteiger partial charge in [-0.3, -0.25) is 14.8 Å². The number of anilines is 1. The molecule has 1 fully saturated rings. The van der Waals surface area contributed by atoms with Crippen LogP contribution in [-0.4, -0.2) is 46.5 Å². The third-order valence-corrected chi connectivity index (χ3v) is 7.71. The van der Waals surface area contributed by atoms with Gasteiger partial charge in [0, 0.05) is 67.2 Å². The molecule has 5 rings (SSSR count). The van der Waals surface area contributed by atoms with E-state index >= 15 is 0 Å². The molecule has 35 heavy (non-hydrogen) atoms. The third kappa shape index (κ3) is 5.32. The average Bonchev–Trinajstić information content (AvgIpc) is 3.26. The lowest BCUT2D eigenvalue weighted by molar-refractivity contribution is 0.0591. The molecular formula is C28H31FN4OS. The molecule has 0 aliphatic carbocycles. The van der Waals surface area contributed by atoms with Crippen LogP contribution in [0, 0.1) is 5.82 Å². The number of halogens is 1. The molecule has 0 radical (unpaired) electrons. The number of hydrogen-bond acceptors (Lipinski definition) is 6. The lowest BCUT2D eigenvalue weighted by atomic mass is 10.0. The highest BCUT2D eigenvalue weighted by Gasteiger charge is 2.25. The molecule has 7 heteroatoms. The molecule has 0 unspecified atom stereocenters. The van der Waals surface area contributed by atoms with Crippen molar-refractivity contribution in [3.63, 3.8) is 0 Å². The van der Waals surface area contributed by atoms with Crippen LogP contribution in [0.4, 0.5) is 10.1 Å². The van der Waals surface area contributed by atoms with Gasteiger partial charge in [-0.1, -0.05) is 24.3 Å². The molecule has 0 saturated carbocycles. The van der Waals surface area contributed by atoms with E-state index in [0.29, 0.717) is 11.4 Å². The van der Waals surface area contributed by atoms with Gasteiger partial charge < -0.3 is 10.5 Å². The summed E-state index contributed by atoms with van der Waals surface area (Å²) in [6, 6.07) is 17.0. The fraction of sp³-hybridized carbons (Fsp3) is 0.321. The second-order valence-corrected chi connectivity index (χ2v) is 11.1. The van der Waals surface area contributed by atoms with E-state index in [1.165, 1.54) is 11.6 Å². The van der Waals surface area contributed by atoms with Crippen LogP contribution in [0.3, 0.4) is 0 Å². The highest BCUT2D eigenvalue weighted by atomic mass is 32.1. The van der Waals surface area contributed by atoms with E-state index in [0.717, 1.165) is 53.4 Å². The summed E-state index contributed by atoms with van der Waals surface area (Å²) in [5.74, 6) is 0.248. The van der Waals surface area contributed by atoms with E-state index in [-0.39, 0.29) is 11.3 Å². The first kappa shape index (κ1) is 23.7. The molecule has 0 spiro atoms. The Hall–Kier alpha value is -3.00. The number of nitrogens with zero attached hydrogens (tertiary/aromatic N) is 3. The Morgan fingerprint density at radius 3 is 2.40 bits per heavy atom. The predicted molar refractivity (Wildman–Crippen MR) is 143 cm³/mol. The highest BCUT2D eigenvalue weighted by molar-refractivity contribution is 7.22. The van der Waals surface area contributed by atoms with Crippen molar-refractivity contribution in [2.75, 3.05) is 31.9 Å². The number of thiophene rings is 1. The van der Waals surface area contributed by atoms with Crippen LogP contribution >= 0.6 is 11.3 Å². The zero-order chi connectivity index (χ0) is 24.6. The van der Waals surface area contributed by atoms with Crippen LogP contribution in [0.2, 0.25) is 0 Å². The molecule has 5 nitrogen and oxygen atoms in total. The fourth-order valence-corrected chi connectivity index (χ4v) is 5.54. The van der Waals surface area contributed by atoms with Gasteiger partial charge in [0.25, 0.3) is 0 Å². The summed E-state index contributed by atoms with van der Waals surface area (Å²) in [6.07, 6.45) is 1.69. The number of aromatic nitrogens is 1. The van der Waals surface area contributed by atoms with Gasteiger partial charge in [0.15, 0.2) is 11.6 Å². The van der Waals surface area contributed by atoms with Gasteiger partial charge in [-0.05, 0) is 50.1 Å². The Morgan fingerprint density at radius 2 is 1.71 bits per heavy atom. The minimum absolute atomic E-state index is 0.148. The maximum absolute atomic E-state index is 14.3. The van der Waals surface area contributed by atoms with E-state index in [1.54, 1.807) is 35.7 Å². The first-order valence-electron chi connectivity index (χ1n) is 11.9. The molecule has 0 bridgehead atoms. The summed E-state index contributed by atoms with van der Waals surface area (Å²) in [5, 5.41) is 0. The Morgan fingerprint density at radius 1 is 0.971 bits per heavy atom. The minimum Gasteiger partial charge on any atom is -0.453 e. The van der Waals surface area contributed by atoms with Gasteiger partial charge in [-0.25, -0.2) is 4.39 Å². The maximum Gasteiger partial charge on any atom is 0.167 e. The second-order valence-electron chi connectivity index (χ2n) is 10.1. The smallest absolute Gasteiger partial charge is 0.167 e. The van der Waals surface area contributed by atoms with Crippen LogP contribution in [0.25, 0.3) is 20.7 Å². The standard InChI is InChI=1S/C28H31FN4OS/c1-28(2,3)33-14-12-32(13-15-33)18-19-4-6-20(7-5-19)26-17-23-27(35-26)25(10-11-31-23)34-24-9-8-21(30)16-22(24)29/h4-11,16-17H,12-15,18,30H2,1-3H3. The number of benzene rings is 2. The van der Waals surface area contributed by atoms with Gasteiger partial charge in [-0.2, -0.15) is 0 Å². The van der Waals surface area contributed by atoms with Crippen LogP contribution < -0.4 is 10.5 Å². The summed E-state index contributed by atoms with van der Waals surface area (Å²) in [7, 11) is 0. The number of nitrogen functional groups attached to an aromatic ring is 1. The first-order valence-corrected chi connectivity index (χ1v) is 12.8. The molecule has 182 valence electrons. The average molecular weight is 491 g/mol. The minimum atomic E-state index is -0.484. The topological polar surface area (TPSA) is 54.6 Å². The molecule has 3 heterocycles. The molecule has 1 aliphatic rings. The predicted octanol–water partition coefficient (Wildman–Crippen LogP) is 6.39. The number of nitrogens with two attached hydrogens (primary N) is 1. The van der Waals surface area contributed by atoms with Gasteiger partial charge >= 0.3 is 0 Å². The molecular weight excluding hydrogens is 459 g/mol. The van der Waals surface area contributed by atoms with Crippen molar-refractivity contribution >= 4 is 27.2 Å². The number of pyridine rings is 1. The lowest BCUT2D eigenvalue weighted by Crippen LogP contribution is -2.53.